The number of hydrogen-bond donors (Lipinski definition) is 0. The van der Waals surface area contributed by atoms with Crippen molar-refractivity contribution >= 4 is 17.0 Å². The second-order valence-corrected chi connectivity index (χ2v) is 4.44. The van der Waals surface area contributed by atoms with Crippen LogP contribution in [0, 0.1) is 17.0 Å². The van der Waals surface area contributed by atoms with Crippen molar-refractivity contribution in [1.82, 2.24) is 4.57 Å². The van der Waals surface area contributed by atoms with E-state index in [1.807, 2.05) is 6.92 Å². The van der Waals surface area contributed by atoms with Gasteiger partial charge in [-0.05, 0) is 6.92 Å². The van der Waals surface area contributed by atoms with Crippen molar-refractivity contribution < 1.29 is 4.92 Å². The fourth-order valence-electron chi connectivity index (χ4n) is 1.59. The molecule has 6 heteroatoms. The number of aryl methyl sites for hydroxylation is 1. The van der Waals surface area contributed by atoms with Crippen LogP contribution in [0.5, 0.6) is 0 Å². The Kier molecular flexibility index (Phi) is 3.06. The standard InChI is InChI=1S/C11H10N2O3S/c1-8-7-17-11(14)12(8)6-9-4-2-3-5-10(9)13(15)16/h2-5,7H,6H2,1H3. The van der Waals surface area contributed by atoms with Crippen molar-refractivity contribution in [3.63, 3.8) is 0 Å². The van der Waals surface area contributed by atoms with Gasteiger partial charge in [0.05, 0.1) is 11.5 Å². The fourth-order valence-corrected chi connectivity index (χ4v) is 2.32. The molecule has 0 N–H and O–H groups in total. The summed E-state index contributed by atoms with van der Waals surface area (Å²) in [5.74, 6) is 0. The molecule has 0 aliphatic carbocycles. The summed E-state index contributed by atoms with van der Waals surface area (Å²) in [4.78, 5) is 21.9. The van der Waals surface area contributed by atoms with Crippen molar-refractivity contribution in [3.05, 3.63) is 60.7 Å². The number of nitro benzene ring substituents is 1. The smallest absolute Gasteiger partial charge is 0.299 e. The number of thiazole rings is 1. The molecule has 0 saturated carbocycles. The summed E-state index contributed by atoms with van der Waals surface area (Å²) >= 11 is 1.10. The first-order valence-electron chi connectivity index (χ1n) is 4.97. The van der Waals surface area contributed by atoms with Gasteiger partial charge in [-0.15, -0.1) is 0 Å². The largest absolute Gasteiger partial charge is 0.307 e. The van der Waals surface area contributed by atoms with Crippen LogP contribution >= 0.6 is 11.3 Å². The highest BCUT2D eigenvalue weighted by Gasteiger charge is 2.14. The zero-order valence-electron chi connectivity index (χ0n) is 9.12. The number of para-hydroxylation sites is 1. The molecule has 1 heterocycles. The molecule has 88 valence electrons. The van der Waals surface area contributed by atoms with Crippen LogP contribution in [0.15, 0.2) is 34.4 Å². The van der Waals surface area contributed by atoms with E-state index in [1.54, 1.807) is 23.6 Å². The SMILES string of the molecule is Cc1csc(=O)n1Cc1ccccc1[N+](=O)[O-]. The average molecular weight is 250 g/mol. The van der Waals surface area contributed by atoms with Gasteiger partial charge in [-0.3, -0.25) is 19.5 Å². The van der Waals surface area contributed by atoms with Crippen LogP contribution in [0.4, 0.5) is 5.69 Å². The van der Waals surface area contributed by atoms with Gasteiger partial charge in [-0.1, -0.05) is 29.5 Å². The molecule has 0 spiro atoms. The Bertz CT molecular complexity index is 615. The third-order valence-electron chi connectivity index (χ3n) is 2.49. The summed E-state index contributed by atoms with van der Waals surface area (Å²) in [6.07, 6.45) is 0. The van der Waals surface area contributed by atoms with E-state index in [-0.39, 0.29) is 17.1 Å². The van der Waals surface area contributed by atoms with Crippen LogP contribution < -0.4 is 4.87 Å². The van der Waals surface area contributed by atoms with Crippen LogP contribution in [-0.2, 0) is 6.54 Å². The first-order chi connectivity index (χ1) is 8.09. The van der Waals surface area contributed by atoms with E-state index >= 15 is 0 Å². The molecule has 2 rings (SSSR count). The Labute approximate surface area is 101 Å². The Morgan fingerprint density at radius 3 is 2.71 bits per heavy atom. The molecule has 2 aromatic rings. The van der Waals surface area contributed by atoms with E-state index in [4.69, 9.17) is 0 Å². The summed E-state index contributed by atoms with van der Waals surface area (Å²) in [5, 5.41) is 12.6. The predicted molar refractivity (Wildman–Crippen MR) is 65.5 cm³/mol. The molecular formula is C11H10N2O3S. The molecule has 0 fully saturated rings. The van der Waals surface area contributed by atoms with Crippen molar-refractivity contribution in [2.75, 3.05) is 0 Å². The van der Waals surface area contributed by atoms with Gasteiger partial charge in [-0.2, -0.15) is 0 Å². The van der Waals surface area contributed by atoms with Crippen molar-refractivity contribution in [1.29, 1.82) is 0 Å². The minimum Gasteiger partial charge on any atom is -0.299 e. The second-order valence-electron chi connectivity index (χ2n) is 3.61. The van der Waals surface area contributed by atoms with Crippen molar-refractivity contribution in [3.8, 4) is 0 Å². The molecule has 0 bridgehead atoms. The highest BCUT2D eigenvalue weighted by molar-refractivity contribution is 7.07. The van der Waals surface area contributed by atoms with Crippen LogP contribution in [0.3, 0.4) is 0 Å². The predicted octanol–water partition coefficient (Wildman–Crippen LogP) is 2.17. The Balaban J connectivity index is 2.43. The maximum atomic E-state index is 11.5. The average Bonchev–Trinajstić information content (AvgIpc) is 2.61. The quantitative estimate of drug-likeness (QED) is 0.619. The third kappa shape index (κ3) is 2.26. The summed E-state index contributed by atoms with van der Waals surface area (Å²) < 4.78 is 1.53. The number of hydrogen-bond acceptors (Lipinski definition) is 4. The number of nitro groups is 1. The topological polar surface area (TPSA) is 65.1 Å². The first-order valence-corrected chi connectivity index (χ1v) is 5.85. The minimum atomic E-state index is -0.429. The summed E-state index contributed by atoms with van der Waals surface area (Å²) in [6, 6.07) is 6.46. The minimum absolute atomic E-state index is 0.0463. The Hall–Kier alpha value is -1.95. The van der Waals surface area contributed by atoms with Gasteiger partial charge in [0.15, 0.2) is 0 Å². The Morgan fingerprint density at radius 1 is 1.41 bits per heavy atom. The first kappa shape index (κ1) is 11.5. The van der Waals surface area contributed by atoms with E-state index in [9.17, 15) is 14.9 Å². The molecule has 1 aromatic carbocycles. The van der Waals surface area contributed by atoms with Gasteiger partial charge in [0.2, 0.25) is 0 Å². The second kappa shape index (κ2) is 4.50. The van der Waals surface area contributed by atoms with Crippen LogP contribution in [0.1, 0.15) is 11.3 Å². The van der Waals surface area contributed by atoms with Crippen LogP contribution in [-0.4, -0.2) is 9.49 Å². The number of nitrogens with zero attached hydrogens (tertiary/aromatic N) is 2. The van der Waals surface area contributed by atoms with E-state index in [1.165, 1.54) is 10.6 Å². The lowest BCUT2D eigenvalue weighted by molar-refractivity contribution is -0.385. The molecule has 0 amide bonds. The molecule has 1 aromatic heterocycles. The number of aromatic nitrogens is 1. The lowest BCUT2D eigenvalue weighted by Gasteiger charge is -2.05. The molecule has 0 unspecified atom stereocenters. The summed E-state index contributed by atoms with van der Waals surface area (Å²) in [6.45, 7) is 2.05. The van der Waals surface area contributed by atoms with Gasteiger partial charge in [0.1, 0.15) is 0 Å². The zero-order valence-corrected chi connectivity index (χ0v) is 9.94. The maximum absolute atomic E-state index is 11.5. The summed E-state index contributed by atoms with van der Waals surface area (Å²) in [5.41, 5.74) is 1.41. The van der Waals surface area contributed by atoms with Crippen molar-refractivity contribution in [2.45, 2.75) is 13.5 Å². The fraction of sp³-hybridized carbons (Fsp3) is 0.182. The molecule has 17 heavy (non-hydrogen) atoms. The number of benzene rings is 1. The maximum Gasteiger partial charge on any atom is 0.307 e. The highest BCUT2D eigenvalue weighted by Crippen LogP contribution is 2.19. The van der Waals surface area contributed by atoms with Crippen LogP contribution in [0.25, 0.3) is 0 Å². The van der Waals surface area contributed by atoms with E-state index in [0.29, 0.717) is 5.56 Å². The molecule has 0 aliphatic rings. The molecular weight excluding hydrogens is 240 g/mol. The third-order valence-corrected chi connectivity index (χ3v) is 3.37. The normalized spacial score (nSPS) is 10.4. The van der Waals surface area contributed by atoms with Gasteiger partial charge in [-0.25, -0.2) is 0 Å². The van der Waals surface area contributed by atoms with E-state index in [2.05, 4.69) is 0 Å². The lowest BCUT2D eigenvalue weighted by Crippen LogP contribution is -2.16. The zero-order chi connectivity index (χ0) is 12.4. The lowest BCUT2D eigenvalue weighted by atomic mass is 10.2. The van der Waals surface area contributed by atoms with Crippen molar-refractivity contribution in [2.24, 2.45) is 0 Å². The van der Waals surface area contributed by atoms with Gasteiger partial charge >= 0.3 is 4.87 Å². The van der Waals surface area contributed by atoms with Crippen LogP contribution in [0.2, 0.25) is 0 Å². The molecule has 0 aliphatic heterocycles. The number of rotatable bonds is 3. The van der Waals surface area contributed by atoms with Gasteiger partial charge in [0.25, 0.3) is 5.69 Å². The Morgan fingerprint density at radius 2 is 2.12 bits per heavy atom. The molecule has 0 atom stereocenters. The van der Waals surface area contributed by atoms with E-state index in [0.717, 1.165) is 17.0 Å². The molecule has 5 nitrogen and oxygen atoms in total. The molecule has 0 radical (unpaired) electrons. The van der Waals surface area contributed by atoms with E-state index < -0.39 is 4.92 Å². The summed E-state index contributed by atoms with van der Waals surface area (Å²) in [7, 11) is 0. The highest BCUT2D eigenvalue weighted by atomic mass is 32.1. The van der Waals surface area contributed by atoms with Gasteiger partial charge in [0, 0.05) is 22.7 Å². The van der Waals surface area contributed by atoms with Gasteiger partial charge < -0.3 is 0 Å². The molecule has 0 saturated heterocycles. The monoisotopic (exact) mass is 250 g/mol.